The number of nitrogens with zero attached hydrogens (tertiary/aromatic N) is 6. The number of nitrogens with one attached hydrogen (secondary N) is 1. The summed E-state index contributed by atoms with van der Waals surface area (Å²) in [6.07, 6.45) is -1.75. The number of benzene rings is 1. The molecule has 1 fully saturated rings. The lowest BCUT2D eigenvalue weighted by Gasteiger charge is -2.32. The van der Waals surface area contributed by atoms with Crippen molar-refractivity contribution in [3.05, 3.63) is 60.3 Å². The van der Waals surface area contributed by atoms with E-state index in [-0.39, 0.29) is 48.6 Å². The number of rotatable bonds is 10. The van der Waals surface area contributed by atoms with E-state index >= 15 is 4.39 Å². The van der Waals surface area contributed by atoms with Gasteiger partial charge in [-0.3, -0.25) is 17.6 Å². The van der Waals surface area contributed by atoms with E-state index in [9.17, 15) is 25.4 Å². The van der Waals surface area contributed by atoms with E-state index in [1.807, 2.05) is 0 Å². The van der Waals surface area contributed by atoms with Crippen LogP contribution in [0.1, 0.15) is 36.9 Å². The summed E-state index contributed by atoms with van der Waals surface area (Å²) in [5, 5.41) is 14.1. The maximum atomic E-state index is 15.2. The zero-order chi connectivity index (χ0) is 29.9. The third-order valence-corrected chi connectivity index (χ3v) is 7.24. The maximum absolute atomic E-state index is 15.2. The topological polar surface area (TPSA) is 117 Å². The Morgan fingerprint density at radius 3 is 2.55 bits per heavy atom. The van der Waals surface area contributed by atoms with Gasteiger partial charge in [-0.25, -0.2) is 4.39 Å². The highest BCUT2D eigenvalue weighted by Gasteiger charge is 2.33. The molecule has 10 nitrogen and oxygen atoms in total. The predicted molar refractivity (Wildman–Crippen MR) is 129 cm³/mol. The minimum atomic E-state index is -4.25. The molecule has 1 aromatic carbocycles. The van der Waals surface area contributed by atoms with Crippen molar-refractivity contribution in [1.29, 1.82) is 0 Å². The van der Waals surface area contributed by atoms with Gasteiger partial charge >= 0.3 is 34.6 Å². The Bertz CT molecular complexity index is 1490. The first-order valence-corrected chi connectivity index (χ1v) is 14.3. The number of alkyl halides is 5. The van der Waals surface area contributed by atoms with E-state index in [1.54, 1.807) is 23.0 Å². The number of hydrogen-bond acceptors (Lipinski definition) is 9. The molecule has 17 heteroatoms. The summed E-state index contributed by atoms with van der Waals surface area (Å²) in [7, 11) is 0. The van der Waals surface area contributed by atoms with Crippen molar-refractivity contribution in [2.75, 3.05) is 25.0 Å². The highest BCUT2D eigenvalue weighted by Crippen LogP contribution is 2.34. The molecule has 1 N–H and O–H groups in total. The fourth-order valence-electron chi connectivity index (χ4n) is 4.56. The molecule has 1 aliphatic heterocycles. The van der Waals surface area contributed by atoms with E-state index in [2.05, 4.69) is 25.6 Å². The Morgan fingerprint density at radius 1 is 1.12 bits per heavy atom. The Labute approximate surface area is 246 Å². The first kappa shape index (κ1) is 30.0. The molecule has 0 bridgehead atoms. The third-order valence-electron chi connectivity index (χ3n) is 6.59. The lowest BCUT2D eigenvalue weighted by Crippen LogP contribution is -3.72. The summed E-state index contributed by atoms with van der Waals surface area (Å²) in [5.74, 6) is -1.37. The van der Waals surface area contributed by atoms with Crippen LogP contribution in [0.4, 0.5) is 32.0 Å². The van der Waals surface area contributed by atoms with Gasteiger partial charge in [0.25, 0.3) is 5.89 Å². The number of anilines is 1. The van der Waals surface area contributed by atoms with E-state index < -0.39 is 52.9 Å². The molecule has 4 heterocycles. The highest BCUT2D eigenvalue weighted by molar-refractivity contribution is 5.71. The summed E-state index contributed by atoms with van der Waals surface area (Å²) in [5.41, 5.74) is 1.64. The molecule has 5 rings (SSSR count). The van der Waals surface area contributed by atoms with Crippen LogP contribution in [0.5, 0.6) is 5.75 Å². The largest absolute Gasteiger partial charge is 0.558 e. The SMILES string of the molecule is [O-][I+]Oc1cc(-c2cnn(C3CCN(CC(F)(F)F)CC3)c2)c(F)cc1NCc1ccc(-c2nnc(C(F)F)o2)cn1. The molecule has 0 radical (unpaired) electrons. The van der Waals surface area contributed by atoms with Crippen LogP contribution in [0.2, 0.25) is 0 Å². The molecule has 0 unspecified atom stereocenters. The standard InChI is InChI=1S/C25H22F6IN7O3/c26-19-8-20(34-11-16-2-1-14(9-33-16)23-36-37-24(41-23)22(27)28)21(42-32-40)7-18(19)15-10-35-39(12-15)17-3-5-38(6-4-17)13-25(29,30)31/h1-2,7-10,12,17,22,34H,3-6,11,13H2. The van der Waals surface area contributed by atoms with Gasteiger partial charge in [-0.2, -0.15) is 27.1 Å². The number of likely N-dealkylation sites (tertiary alicyclic amines) is 1. The average molecular weight is 709 g/mol. The van der Waals surface area contributed by atoms with Crippen molar-refractivity contribution >= 4 is 5.69 Å². The van der Waals surface area contributed by atoms with Gasteiger partial charge in [0.1, 0.15) is 5.82 Å². The molecular weight excluding hydrogens is 687 g/mol. The summed E-state index contributed by atoms with van der Waals surface area (Å²) >= 11 is -1.91. The fraction of sp³-hybridized carbons (Fsp3) is 0.360. The van der Waals surface area contributed by atoms with E-state index in [0.29, 0.717) is 29.7 Å². The molecule has 0 atom stereocenters. The number of hydrogen-bond donors (Lipinski definition) is 1. The molecule has 1 saturated heterocycles. The molecule has 4 aromatic rings. The Hall–Kier alpha value is -3.45. The van der Waals surface area contributed by atoms with Crippen LogP contribution in [0.3, 0.4) is 0 Å². The Balaban J connectivity index is 1.25. The van der Waals surface area contributed by atoms with Gasteiger partial charge in [0.15, 0.2) is 0 Å². The maximum Gasteiger partial charge on any atom is 0.514 e. The second kappa shape index (κ2) is 12.8. The zero-order valence-electron chi connectivity index (χ0n) is 21.5. The van der Waals surface area contributed by atoms with Crippen molar-refractivity contribution in [2.45, 2.75) is 38.0 Å². The molecule has 0 aliphatic carbocycles. The lowest BCUT2D eigenvalue weighted by atomic mass is 10.0. The lowest BCUT2D eigenvalue weighted by molar-refractivity contribution is -1.25. The molecule has 42 heavy (non-hydrogen) atoms. The van der Waals surface area contributed by atoms with Crippen LogP contribution in [0.15, 0.2) is 47.3 Å². The van der Waals surface area contributed by atoms with Crippen molar-refractivity contribution in [1.82, 2.24) is 29.9 Å². The number of pyridine rings is 1. The monoisotopic (exact) mass is 709 g/mol. The second-order valence-electron chi connectivity index (χ2n) is 9.44. The molecule has 224 valence electrons. The predicted octanol–water partition coefficient (Wildman–Crippen LogP) is 1.54. The summed E-state index contributed by atoms with van der Waals surface area (Å²) in [6, 6.07) is 5.60. The fourth-order valence-corrected chi connectivity index (χ4v) is 5.12. The quantitative estimate of drug-likeness (QED) is 0.194. The van der Waals surface area contributed by atoms with Gasteiger partial charge in [0.2, 0.25) is 11.6 Å². The van der Waals surface area contributed by atoms with Crippen LogP contribution in [-0.4, -0.2) is 55.7 Å². The van der Waals surface area contributed by atoms with Crippen molar-refractivity contribution in [3.63, 3.8) is 0 Å². The summed E-state index contributed by atoms with van der Waals surface area (Å²) < 4.78 is 102. The smallest absolute Gasteiger partial charge is 0.514 e. The highest BCUT2D eigenvalue weighted by atomic mass is 127. The van der Waals surface area contributed by atoms with Crippen LogP contribution in [0, 0.1) is 5.82 Å². The molecule has 0 saturated carbocycles. The van der Waals surface area contributed by atoms with Crippen molar-refractivity contribution in [2.24, 2.45) is 0 Å². The van der Waals surface area contributed by atoms with Crippen molar-refractivity contribution in [3.8, 4) is 28.3 Å². The van der Waals surface area contributed by atoms with Crippen molar-refractivity contribution < 1.29 is 59.3 Å². The molecule has 0 amide bonds. The van der Waals surface area contributed by atoms with Gasteiger partial charge in [-0.15, -0.1) is 10.2 Å². The van der Waals surface area contributed by atoms with E-state index in [1.165, 1.54) is 29.4 Å². The zero-order valence-corrected chi connectivity index (χ0v) is 23.7. The van der Waals surface area contributed by atoms with Crippen LogP contribution >= 0.6 is 0 Å². The molecule has 0 spiro atoms. The second-order valence-corrected chi connectivity index (χ2v) is 10.2. The Morgan fingerprint density at radius 2 is 1.90 bits per heavy atom. The van der Waals surface area contributed by atoms with Crippen LogP contribution in [0.25, 0.3) is 22.6 Å². The van der Waals surface area contributed by atoms with Gasteiger partial charge < -0.3 is 13.2 Å². The first-order valence-electron chi connectivity index (χ1n) is 12.5. The van der Waals surface area contributed by atoms with Gasteiger partial charge in [-0.1, -0.05) is 0 Å². The average Bonchev–Trinajstić information content (AvgIpc) is 3.64. The molecule has 1 aliphatic rings. The number of piperidine rings is 1. The van der Waals surface area contributed by atoms with E-state index in [4.69, 9.17) is 7.48 Å². The minimum absolute atomic E-state index is 0.111. The minimum Gasteiger partial charge on any atom is -0.558 e. The Kier molecular flexibility index (Phi) is 9.16. The van der Waals surface area contributed by atoms with Gasteiger partial charge in [0.05, 0.1) is 42.3 Å². The summed E-state index contributed by atoms with van der Waals surface area (Å²) in [6.45, 7) is -0.294. The summed E-state index contributed by atoms with van der Waals surface area (Å²) in [4.78, 5) is 5.57. The first-order chi connectivity index (χ1) is 20.1. The normalized spacial score (nSPS) is 15.0. The van der Waals surface area contributed by atoms with Crippen LogP contribution in [-0.2, 0) is 6.54 Å². The van der Waals surface area contributed by atoms with E-state index in [0.717, 1.165) is 0 Å². The number of halogens is 7. The van der Waals surface area contributed by atoms with Gasteiger partial charge in [0, 0.05) is 42.7 Å². The van der Waals surface area contributed by atoms with Crippen LogP contribution < -0.4 is 33.9 Å². The third kappa shape index (κ3) is 7.30. The number of aromatic nitrogens is 5. The molecule has 3 aromatic heterocycles. The molecular formula is C25H22F6IN7O3. The van der Waals surface area contributed by atoms with Gasteiger partial charge in [-0.05, 0) is 31.0 Å².